The molecule has 0 aromatic heterocycles. The smallest absolute Gasteiger partial charge is 0.227 e. The highest BCUT2D eigenvalue weighted by molar-refractivity contribution is 5.79. The van der Waals surface area contributed by atoms with E-state index in [-0.39, 0.29) is 5.54 Å². The maximum Gasteiger partial charge on any atom is 0.227 e. The van der Waals surface area contributed by atoms with Gasteiger partial charge in [-0.3, -0.25) is 4.79 Å². The Morgan fingerprint density at radius 1 is 1.14 bits per heavy atom. The van der Waals surface area contributed by atoms with Crippen LogP contribution in [0.15, 0.2) is 12.3 Å². The molecule has 1 amide bonds. The van der Waals surface area contributed by atoms with Gasteiger partial charge in [0.15, 0.2) is 0 Å². The predicted octanol–water partition coefficient (Wildman–Crippen LogP) is 5.39. The normalized spacial score (nSPS) is 31.5. The van der Waals surface area contributed by atoms with Crippen LogP contribution in [0.25, 0.3) is 0 Å². The Labute approximate surface area is 137 Å². The van der Waals surface area contributed by atoms with Crippen molar-refractivity contribution in [1.29, 1.82) is 0 Å². The largest absolute Gasteiger partial charge is 0.311 e. The lowest BCUT2D eigenvalue weighted by atomic mass is 9.71. The summed E-state index contributed by atoms with van der Waals surface area (Å²) in [5.74, 6) is 3.15. The van der Waals surface area contributed by atoms with Crippen LogP contribution in [0.3, 0.4) is 0 Å². The second-order valence-electron chi connectivity index (χ2n) is 8.60. The molecule has 0 aromatic carbocycles. The van der Waals surface area contributed by atoms with Gasteiger partial charge in [-0.05, 0) is 63.2 Å². The lowest BCUT2D eigenvalue weighted by Crippen LogP contribution is -2.50. The summed E-state index contributed by atoms with van der Waals surface area (Å²) in [6, 6.07) is 0. The number of fused-ring (bicyclic) bond motifs is 2. The highest BCUT2D eigenvalue weighted by Crippen LogP contribution is 2.41. The molecule has 1 saturated carbocycles. The topological polar surface area (TPSA) is 20.3 Å². The average molecular weight is 306 g/mol. The first kappa shape index (κ1) is 17.6. The van der Waals surface area contributed by atoms with Crippen LogP contribution in [-0.2, 0) is 4.79 Å². The average Bonchev–Trinajstić information content (AvgIpc) is 2.44. The zero-order chi connectivity index (χ0) is 16.5. The molecule has 0 aromatic rings. The number of rotatable bonds is 2. The first-order valence-corrected chi connectivity index (χ1v) is 9.24. The molecule has 2 nitrogen and oxygen atoms in total. The van der Waals surface area contributed by atoms with Gasteiger partial charge in [0.25, 0.3) is 0 Å². The Hall–Kier alpha value is -0.790. The van der Waals surface area contributed by atoms with Gasteiger partial charge in [0.05, 0.1) is 0 Å². The van der Waals surface area contributed by atoms with E-state index in [1.54, 1.807) is 0 Å². The number of carbonyl (C=O) groups is 1. The molecule has 2 aliphatic rings. The zero-order valence-corrected chi connectivity index (χ0v) is 15.3. The third-order valence-corrected chi connectivity index (χ3v) is 6.60. The first-order chi connectivity index (χ1) is 10.2. The molecule has 1 aliphatic heterocycles. The van der Waals surface area contributed by atoms with Gasteiger partial charge in [0.1, 0.15) is 0 Å². The number of nitrogens with zero attached hydrogens (tertiary/aromatic N) is 1. The molecule has 1 heterocycles. The quantitative estimate of drug-likeness (QED) is 0.670. The van der Waals surface area contributed by atoms with E-state index in [4.69, 9.17) is 0 Å². The van der Waals surface area contributed by atoms with Crippen LogP contribution in [0.4, 0.5) is 0 Å². The molecule has 3 atom stereocenters. The Kier molecular flexibility index (Phi) is 5.40. The second kappa shape index (κ2) is 6.76. The van der Waals surface area contributed by atoms with Gasteiger partial charge in [-0.25, -0.2) is 0 Å². The summed E-state index contributed by atoms with van der Waals surface area (Å²) in [4.78, 5) is 14.9. The molecule has 1 aliphatic carbocycles. The van der Waals surface area contributed by atoms with E-state index in [1.165, 1.54) is 25.7 Å². The minimum absolute atomic E-state index is 0.145. The van der Waals surface area contributed by atoms with Crippen LogP contribution in [0, 0.1) is 23.7 Å². The van der Waals surface area contributed by atoms with Gasteiger partial charge in [0.2, 0.25) is 5.91 Å². The molecule has 2 heteroatoms. The monoisotopic (exact) mass is 305 g/mol. The Morgan fingerprint density at radius 3 is 2.45 bits per heavy atom. The first-order valence-electron chi connectivity index (χ1n) is 9.24. The maximum atomic E-state index is 12.9. The van der Waals surface area contributed by atoms with Crippen molar-refractivity contribution in [3.63, 3.8) is 0 Å². The molecule has 2 bridgehead atoms. The lowest BCUT2D eigenvalue weighted by Gasteiger charge is -2.45. The molecular formula is C20H35NO. The summed E-state index contributed by atoms with van der Waals surface area (Å²) in [6.07, 6.45) is 7.94. The molecule has 2 fully saturated rings. The summed E-state index contributed by atoms with van der Waals surface area (Å²) < 4.78 is 0. The van der Waals surface area contributed by atoms with Crippen LogP contribution in [0.2, 0.25) is 0 Å². The van der Waals surface area contributed by atoms with E-state index in [2.05, 4.69) is 41.2 Å². The van der Waals surface area contributed by atoms with Crippen LogP contribution in [0.1, 0.15) is 79.6 Å². The van der Waals surface area contributed by atoms with Gasteiger partial charge < -0.3 is 4.90 Å². The van der Waals surface area contributed by atoms with Gasteiger partial charge in [-0.15, -0.1) is 0 Å². The summed E-state index contributed by atoms with van der Waals surface area (Å²) in [5.41, 5.74) is 0.897. The molecular weight excluding hydrogens is 270 g/mol. The lowest BCUT2D eigenvalue weighted by molar-refractivity contribution is -0.136. The van der Waals surface area contributed by atoms with E-state index in [1.807, 2.05) is 4.90 Å². The fraction of sp³-hybridized carbons (Fsp3) is 0.850. The van der Waals surface area contributed by atoms with Crippen molar-refractivity contribution in [3.8, 4) is 0 Å². The summed E-state index contributed by atoms with van der Waals surface area (Å²) in [5, 5.41) is 0. The third kappa shape index (κ3) is 3.58. The molecule has 2 rings (SSSR count). The van der Waals surface area contributed by atoms with Crippen LogP contribution in [-0.4, -0.2) is 16.3 Å². The van der Waals surface area contributed by atoms with Gasteiger partial charge in [0, 0.05) is 17.7 Å². The molecule has 0 N–H and O–H groups in total. The molecule has 0 radical (unpaired) electrons. The standard InChI is InChI=1S/C20H35NO/c1-14(2)20(5,6)21-16(4)8-11-18-13-17(9-7-15(18)3)10-12-19(21)22/h14-15,17-18H,4,7-13H2,1-3,5-6H3. The van der Waals surface area contributed by atoms with Crippen molar-refractivity contribution < 1.29 is 4.79 Å². The SMILES string of the molecule is C=C1CCC2CC(CCC(=O)N1C(C)(C)C(C)C)CCC2C. The van der Waals surface area contributed by atoms with E-state index in [0.717, 1.165) is 36.3 Å². The molecule has 3 unspecified atom stereocenters. The van der Waals surface area contributed by atoms with E-state index in [9.17, 15) is 4.79 Å². The molecule has 1 saturated heterocycles. The Morgan fingerprint density at radius 2 is 1.82 bits per heavy atom. The van der Waals surface area contributed by atoms with Crippen LogP contribution >= 0.6 is 0 Å². The van der Waals surface area contributed by atoms with Crippen molar-refractivity contribution in [2.45, 2.75) is 85.1 Å². The van der Waals surface area contributed by atoms with Crippen LogP contribution in [0.5, 0.6) is 0 Å². The molecule has 22 heavy (non-hydrogen) atoms. The summed E-state index contributed by atoms with van der Waals surface area (Å²) in [7, 11) is 0. The fourth-order valence-corrected chi connectivity index (χ4v) is 4.24. The second-order valence-corrected chi connectivity index (χ2v) is 8.60. The highest BCUT2D eigenvalue weighted by Gasteiger charge is 2.37. The van der Waals surface area contributed by atoms with E-state index >= 15 is 0 Å². The predicted molar refractivity (Wildman–Crippen MR) is 93.4 cm³/mol. The molecule has 0 spiro atoms. The number of hydrogen-bond donors (Lipinski definition) is 0. The number of amides is 1. The van der Waals surface area contributed by atoms with Crippen molar-refractivity contribution in [3.05, 3.63) is 12.3 Å². The van der Waals surface area contributed by atoms with E-state index < -0.39 is 0 Å². The summed E-state index contributed by atoms with van der Waals surface area (Å²) in [6.45, 7) is 15.5. The molecule has 126 valence electrons. The number of carbonyl (C=O) groups excluding carboxylic acids is 1. The zero-order valence-electron chi connectivity index (χ0n) is 15.3. The Balaban J connectivity index is 2.21. The van der Waals surface area contributed by atoms with E-state index in [0.29, 0.717) is 18.2 Å². The van der Waals surface area contributed by atoms with Crippen molar-refractivity contribution in [2.24, 2.45) is 23.7 Å². The number of allylic oxidation sites excluding steroid dienone is 1. The number of hydrogen-bond acceptors (Lipinski definition) is 1. The van der Waals surface area contributed by atoms with Crippen molar-refractivity contribution >= 4 is 5.91 Å². The third-order valence-electron chi connectivity index (χ3n) is 6.60. The Bertz CT molecular complexity index is 423. The summed E-state index contributed by atoms with van der Waals surface area (Å²) >= 11 is 0. The van der Waals surface area contributed by atoms with Crippen molar-refractivity contribution in [2.75, 3.05) is 0 Å². The minimum atomic E-state index is -0.145. The van der Waals surface area contributed by atoms with Crippen molar-refractivity contribution in [1.82, 2.24) is 4.90 Å². The van der Waals surface area contributed by atoms with Gasteiger partial charge >= 0.3 is 0 Å². The minimum Gasteiger partial charge on any atom is -0.311 e. The maximum absolute atomic E-state index is 12.9. The highest BCUT2D eigenvalue weighted by atomic mass is 16.2. The van der Waals surface area contributed by atoms with Gasteiger partial charge in [-0.2, -0.15) is 0 Å². The van der Waals surface area contributed by atoms with Gasteiger partial charge in [-0.1, -0.05) is 40.2 Å². The fourth-order valence-electron chi connectivity index (χ4n) is 4.24. The van der Waals surface area contributed by atoms with Crippen LogP contribution < -0.4 is 0 Å².